The van der Waals surface area contributed by atoms with E-state index in [-0.39, 0.29) is 16.6 Å². The lowest BCUT2D eigenvalue weighted by Crippen LogP contribution is -2.33. The first-order chi connectivity index (χ1) is 6.65. The maximum absolute atomic E-state index is 11.2. The van der Waals surface area contributed by atoms with Gasteiger partial charge in [0.15, 0.2) is 0 Å². The van der Waals surface area contributed by atoms with E-state index >= 15 is 0 Å². The fraction of sp³-hybridized carbons (Fsp3) is 0.900. The van der Waals surface area contributed by atoms with Crippen molar-refractivity contribution in [3.8, 4) is 0 Å². The Kier molecular flexibility index (Phi) is 4.04. The van der Waals surface area contributed by atoms with Gasteiger partial charge in [-0.15, -0.1) is 0 Å². The second kappa shape index (κ2) is 5.08. The van der Waals surface area contributed by atoms with Crippen LogP contribution in [-0.2, 0) is 4.79 Å². The third-order valence-corrected chi connectivity index (χ3v) is 2.92. The summed E-state index contributed by atoms with van der Waals surface area (Å²) in [6.07, 6.45) is 4.13. The summed E-state index contributed by atoms with van der Waals surface area (Å²) in [6.45, 7) is 1.95. The molecule has 2 atom stereocenters. The van der Waals surface area contributed by atoms with Crippen molar-refractivity contribution in [3.63, 3.8) is 0 Å². The van der Waals surface area contributed by atoms with Gasteiger partial charge in [0.2, 0.25) is 6.04 Å². The second-order valence-corrected chi connectivity index (χ2v) is 4.04. The molecule has 0 heterocycles. The zero-order chi connectivity index (χ0) is 10.6. The van der Waals surface area contributed by atoms with E-state index in [9.17, 15) is 14.9 Å². The van der Waals surface area contributed by atoms with Gasteiger partial charge in [-0.2, -0.15) is 0 Å². The van der Waals surface area contributed by atoms with Gasteiger partial charge in [0.05, 0.1) is 0 Å². The van der Waals surface area contributed by atoms with Crippen LogP contribution in [0.5, 0.6) is 0 Å². The highest BCUT2D eigenvalue weighted by Crippen LogP contribution is 2.27. The maximum atomic E-state index is 11.2. The quantitative estimate of drug-likeness (QED) is 0.515. The monoisotopic (exact) mass is 199 g/mol. The average molecular weight is 199 g/mol. The fourth-order valence-electron chi connectivity index (χ4n) is 2.20. The molecule has 1 rings (SSSR count). The average Bonchev–Trinajstić information content (AvgIpc) is 2.13. The number of carbonyl (C=O) groups is 1. The van der Waals surface area contributed by atoms with Gasteiger partial charge in [-0.3, -0.25) is 14.9 Å². The summed E-state index contributed by atoms with van der Waals surface area (Å²) in [6, 6.07) is -0.496. The smallest absolute Gasteiger partial charge is 0.216 e. The Morgan fingerprint density at radius 2 is 2.36 bits per heavy atom. The molecule has 0 N–H and O–H groups in total. The van der Waals surface area contributed by atoms with Gasteiger partial charge in [0.25, 0.3) is 0 Å². The van der Waals surface area contributed by atoms with Crippen LogP contribution in [0.1, 0.15) is 45.4 Å². The van der Waals surface area contributed by atoms with Crippen molar-refractivity contribution in [2.45, 2.75) is 51.5 Å². The number of carbonyl (C=O) groups excluding carboxylic acids is 1. The number of Topliss-reactive ketones (excluding diaryl/α,β-unsaturated/α-hetero) is 1. The van der Waals surface area contributed by atoms with Crippen LogP contribution in [0.15, 0.2) is 0 Å². The Balaban J connectivity index is 2.57. The van der Waals surface area contributed by atoms with Crippen molar-refractivity contribution in [1.29, 1.82) is 0 Å². The van der Waals surface area contributed by atoms with Gasteiger partial charge in [0, 0.05) is 30.1 Å². The lowest BCUT2D eigenvalue weighted by molar-refractivity contribution is -0.533. The van der Waals surface area contributed by atoms with Crippen LogP contribution in [0.2, 0.25) is 0 Å². The molecule has 14 heavy (non-hydrogen) atoms. The van der Waals surface area contributed by atoms with E-state index in [0.717, 1.165) is 19.3 Å². The number of hydrogen-bond acceptors (Lipinski definition) is 3. The molecule has 0 unspecified atom stereocenters. The summed E-state index contributed by atoms with van der Waals surface area (Å²) < 4.78 is 0. The molecule has 0 amide bonds. The minimum atomic E-state index is -0.496. The minimum Gasteiger partial charge on any atom is -0.300 e. The summed E-state index contributed by atoms with van der Waals surface area (Å²) in [7, 11) is 0. The summed E-state index contributed by atoms with van der Waals surface area (Å²) in [5, 5.41) is 10.8. The lowest BCUT2D eigenvalue weighted by Gasteiger charge is -2.23. The first kappa shape index (κ1) is 11.1. The van der Waals surface area contributed by atoms with Gasteiger partial charge >= 0.3 is 0 Å². The van der Waals surface area contributed by atoms with Crippen LogP contribution < -0.4 is 0 Å². The zero-order valence-electron chi connectivity index (χ0n) is 8.57. The van der Waals surface area contributed by atoms with E-state index in [1.807, 2.05) is 6.92 Å². The Morgan fingerprint density at radius 1 is 1.64 bits per heavy atom. The van der Waals surface area contributed by atoms with Gasteiger partial charge < -0.3 is 0 Å². The molecule has 0 aliphatic heterocycles. The lowest BCUT2D eigenvalue weighted by atomic mass is 9.82. The minimum absolute atomic E-state index is 0.00815. The number of nitro groups is 1. The van der Waals surface area contributed by atoms with E-state index in [2.05, 4.69) is 0 Å². The first-order valence-corrected chi connectivity index (χ1v) is 5.30. The summed E-state index contributed by atoms with van der Waals surface area (Å²) >= 11 is 0. The second-order valence-electron chi connectivity index (χ2n) is 4.04. The SMILES string of the molecule is CCC[C@H]([C@H]1CCCC(=O)C1)[N+](=O)[O-]. The van der Waals surface area contributed by atoms with Crippen molar-refractivity contribution in [3.05, 3.63) is 10.1 Å². The molecule has 0 radical (unpaired) electrons. The van der Waals surface area contributed by atoms with Crippen LogP contribution in [0.25, 0.3) is 0 Å². The molecule has 1 aliphatic rings. The molecule has 1 saturated carbocycles. The number of ketones is 1. The van der Waals surface area contributed by atoms with E-state index < -0.39 is 6.04 Å². The molecule has 0 aromatic carbocycles. The number of rotatable bonds is 4. The van der Waals surface area contributed by atoms with E-state index in [4.69, 9.17) is 0 Å². The van der Waals surface area contributed by atoms with Crippen LogP contribution in [0, 0.1) is 16.0 Å². The van der Waals surface area contributed by atoms with Crippen LogP contribution in [-0.4, -0.2) is 16.7 Å². The molecule has 80 valence electrons. The first-order valence-electron chi connectivity index (χ1n) is 5.30. The van der Waals surface area contributed by atoms with Crippen molar-refractivity contribution in [2.24, 2.45) is 5.92 Å². The third-order valence-electron chi connectivity index (χ3n) is 2.92. The van der Waals surface area contributed by atoms with E-state index in [1.165, 1.54) is 0 Å². The topological polar surface area (TPSA) is 60.2 Å². The molecule has 0 aromatic heterocycles. The van der Waals surface area contributed by atoms with Gasteiger partial charge in [-0.05, 0) is 19.3 Å². The normalized spacial score (nSPS) is 24.6. The summed E-state index contributed by atoms with van der Waals surface area (Å²) in [4.78, 5) is 21.8. The maximum Gasteiger partial charge on any atom is 0.216 e. The van der Waals surface area contributed by atoms with E-state index in [1.54, 1.807) is 0 Å². The van der Waals surface area contributed by atoms with Crippen molar-refractivity contribution >= 4 is 5.78 Å². The standard InChI is InChI=1S/C10H17NO3/c1-2-4-10(11(13)14)8-5-3-6-9(12)7-8/h8,10H,2-7H2,1H3/t8-,10+/m0/s1. The molecule has 0 saturated heterocycles. The van der Waals surface area contributed by atoms with E-state index in [0.29, 0.717) is 19.3 Å². The Hall–Kier alpha value is -0.930. The van der Waals surface area contributed by atoms with Crippen LogP contribution in [0.4, 0.5) is 0 Å². The largest absolute Gasteiger partial charge is 0.300 e. The summed E-state index contributed by atoms with van der Waals surface area (Å²) in [5.41, 5.74) is 0. The molecule has 0 aromatic rings. The summed E-state index contributed by atoms with van der Waals surface area (Å²) in [5.74, 6) is 0.190. The van der Waals surface area contributed by atoms with Gasteiger partial charge in [-0.1, -0.05) is 6.92 Å². The molecule has 0 spiro atoms. The highest BCUT2D eigenvalue weighted by Gasteiger charge is 2.33. The molecular weight excluding hydrogens is 182 g/mol. The Labute approximate surface area is 83.8 Å². The predicted octanol–water partition coefficient (Wildman–Crippen LogP) is 2.19. The molecule has 4 heteroatoms. The number of hydrogen-bond donors (Lipinski definition) is 0. The van der Waals surface area contributed by atoms with Crippen molar-refractivity contribution < 1.29 is 9.72 Å². The zero-order valence-corrected chi connectivity index (χ0v) is 8.57. The van der Waals surface area contributed by atoms with Gasteiger partial charge in [-0.25, -0.2) is 0 Å². The number of nitrogens with zero attached hydrogens (tertiary/aromatic N) is 1. The van der Waals surface area contributed by atoms with Crippen LogP contribution in [0.3, 0.4) is 0 Å². The van der Waals surface area contributed by atoms with Crippen molar-refractivity contribution in [2.75, 3.05) is 0 Å². The molecule has 1 fully saturated rings. The highest BCUT2D eigenvalue weighted by atomic mass is 16.6. The molecular formula is C10H17NO3. The molecule has 1 aliphatic carbocycles. The predicted molar refractivity (Wildman–Crippen MR) is 52.7 cm³/mol. The molecule has 4 nitrogen and oxygen atoms in total. The Bertz CT molecular complexity index is 227. The Morgan fingerprint density at radius 3 is 2.86 bits per heavy atom. The van der Waals surface area contributed by atoms with Crippen molar-refractivity contribution in [1.82, 2.24) is 0 Å². The highest BCUT2D eigenvalue weighted by molar-refractivity contribution is 5.79. The fourth-order valence-corrected chi connectivity index (χ4v) is 2.20. The van der Waals surface area contributed by atoms with Gasteiger partial charge in [0.1, 0.15) is 5.78 Å². The van der Waals surface area contributed by atoms with Crippen LogP contribution >= 0.6 is 0 Å². The molecule has 0 bridgehead atoms. The third kappa shape index (κ3) is 2.79.